The number of nitrogens with one attached hydrogen (secondary N) is 3. The lowest BCUT2D eigenvalue weighted by Gasteiger charge is -2.07. The number of hydrogen-bond donors (Lipinski definition) is 3. The molecule has 0 aliphatic carbocycles. The summed E-state index contributed by atoms with van der Waals surface area (Å²) in [7, 11) is 0. The molecule has 1 aliphatic rings. The normalized spacial score (nSPS) is 12.2. The van der Waals surface area contributed by atoms with Crippen molar-refractivity contribution in [1.29, 1.82) is 0 Å². The number of carbonyl (C=O) groups is 1. The summed E-state index contributed by atoms with van der Waals surface area (Å²) in [6.45, 7) is 2.20. The van der Waals surface area contributed by atoms with E-state index in [1.807, 2.05) is 12.1 Å². The molecule has 1 amide bonds. The minimum atomic E-state index is -0.548. The Morgan fingerprint density at radius 2 is 2.00 bits per heavy atom. The first kappa shape index (κ1) is 15.9. The Hall–Kier alpha value is -3.03. The maximum absolute atomic E-state index is 12.0. The van der Waals surface area contributed by atoms with Gasteiger partial charge in [0.25, 0.3) is 5.56 Å². The second-order valence-corrected chi connectivity index (χ2v) is 5.48. The van der Waals surface area contributed by atoms with Crippen molar-refractivity contribution in [3.63, 3.8) is 0 Å². The number of H-pyrrole nitrogens is 2. The number of benzene rings is 1. The Labute approximate surface area is 136 Å². The van der Waals surface area contributed by atoms with Crippen molar-refractivity contribution in [2.45, 2.75) is 26.3 Å². The number of aromatic nitrogens is 2. The summed E-state index contributed by atoms with van der Waals surface area (Å²) >= 11 is 0. The van der Waals surface area contributed by atoms with Gasteiger partial charge in [0.05, 0.1) is 0 Å². The summed E-state index contributed by atoms with van der Waals surface area (Å²) in [4.78, 5) is 39.5. The number of aromatic amines is 2. The average Bonchev–Trinajstić information content (AvgIpc) is 2.99. The molecule has 126 valence electrons. The highest BCUT2D eigenvalue weighted by molar-refractivity contribution is 5.76. The largest absolute Gasteiger partial charge is 0.454 e. The highest BCUT2D eigenvalue weighted by Crippen LogP contribution is 2.32. The Bertz CT molecular complexity index is 884. The van der Waals surface area contributed by atoms with Gasteiger partial charge in [0.15, 0.2) is 11.5 Å². The molecule has 0 saturated heterocycles. The average molecular weight is 331 g/mol. The van der Waals surface area contributed by atoms with Gasteiger partial charge in [0.2, 0.25) is 12.7 Å². The molecule has 8 heteroatoms. The van der Waals surface area contributed by atoms with Crippen LogP contribution in [0.5, 0.6) is 11.5 Å². The summed E-state index contributed by atoms with van der Waals surface area (Å²) in [6.07, 6.45) is 0.408. The molecule has 1 aromatic carbocycles. The van der Waals surface area contributed by atoms with Crippen LogP contribution in [-0.4, -0.2) is 22.7 Å². The number of aryl methyl sites for hydroxylation is 1. The summed E-state index contributed by atoms with van der Waals surface area (Å²) in [5.41, 5.74) is 0.777. The van der Waals surface area contributed by atoms with E-state index in [0.717, 1.165) is 5.56 Å². The van der Waals surface area contributed by atoms with Gasteiger partial charge in [0, 0.05) is 24.2 Å². The molecule has 0 unspecified atom stereocenters. The molecular weight excluding hydrogens is 314 g/mol. The zero-order valence-corrected chi connectivity index (χ0v) is 13.1. The number of hydrogen-bond acceptors (Lipinski definition) is 5. The molecule has 0 spiro atoms. The number of carbonyl (C=O) groups excluding carboxylic acids is 1. The van der Waals surface area contributed by atoms with Gasteiger partial charge in [-0.2, -0.15) is 0 Å². The van der Waals surface area contributed by atoms with E-state index in [1.165, 1.54) is 0 Å². The third-order valence-electron chi connectivity index (χ3n) is 3.78. The predicted octanol–water partition coefficient (Wildman–Crippen LogP) is 0.349. The van der Waals surface area contributed by atoms with E-state index in [1.54, 1.807) is 13.0 Å². The van der Waals surface area contributed by atoms with Crippen LogP contribution in [0.1, 0.15) is 23.2 Å². The monoisotopic (exact) mass is 331 g/mol. The van der Waals surface area contributed by atoms with E-state index in [4.69, 9.17) is 9.47 Å². The molecule has 24 heavy (non-hydrogen) atoms. The van der Waals surface area contributed by atoms with Crippen molar-refractivity contribution in [2.75, 3.05) is 6.79 Å². The fourth-order valence-electron chi connectivity index (χ4n) is 2.51. The molecule has 0 saturated carbocycles. The summed E-state index contributed by atoms with van der Waals surface area (Å²) < 4.78 is 10.5. The van der Waals surface area contributed by atoms with Crippen LogP contribution < -0.4 is 26.0 Å². The first-order chi connectivity index (χ1) is 11.5. The van der Waals surface area contributed by atoms with E-state index in [2.05, 4.69) is 15.3 Å². The Kier molecular flexibility index (Phi) is 4.37. The van der Waals surface area contributed by atoms with Gasteiger partial charge in [-0.05, 0) is 31.0 Å². The van der Waals surface area contributed by atoms with Crippen LogP contribution in [0.4, 0.5) is 0 Å². The summed E-state index contributed by atoms with van der Waals surface area (Å²) in [5.74, 6) is 1.17. The fraction of sp³-hybridized carbons (Fsp3) is 0.312. The van der Waals surface area contributed by atoms with E-state index in [9.17, 15) is 14.4 Å². The third-order valence-corrected chi connectivity index (χ3v) is 3.78. The summed E-state index contributed by atoms with van der Waals surface area (Å²) in [6, 6.07) is 5.47. The molecular formula is C16H17N3O5. The van der Waals surface area contributed by atoms with Crippen LogP contribution in [0.3, 0.4) is 0 Å². The van der Waals surface area contributed by atoms with Crippen molar-refractivity contribution in [1.82, 2.24) is 15.3 Å². The molecule has 3 rings (SSSR count). The molecule has 0 radical (unpaired) electrons. The quantitative estimate of drug-likeness (QED) is 0.731. The zero-order valence-electron chi connectivity index (χ0n) is 13.1. The molecule has 1 aliphatic heterocycles. The van der Waals surface area contributed by atoms with Gasteiger partial charge >= 0.3 is 5.69 Å². The van der Waals surface area contributed by atoms with Crippen LogP contribution in [-0.2, 0) is 17.8 Å². The second-order valence-electron chi connectivity index (χ2n) is 5.48. The van der Waals surface area contributed by atoms with Gasteiger partial charge in [-0.15, -0.1) is 0 Å². The molecule has 0 bridgehead atoms. The number of fused-ring (bicyclic) bond motifs is 1. The Morgan fingerprint density at radius 1 is 1.21 bits per heavy atom. The van der Waals surface area contributed by atoms with E-state index < -0.39 is 11.2 Å². The maximum atomic E-state index is 12.0. The minimum absolute atomic E-state index is 0.153. The maximum Gasteiger partial charge on any atom is 0.325 e. The van der Waals surface area contributed by atoms with Gasteiger partial charge in [-0.1, -0.05) is 6.07 Å². The van der Waals surface area contributed by atoms with Crippen LogP contribution in [0.15, 0.2) is 27.8 Å². The Morgan fingerprint density at radius 3 is 2.79 bits per heavy atom. The molecule has 0 atom stereocenters. The molecule has 2 heterocycles. The van der Waals surface area contributed by atoms with Crippen molar-refractivity contribution in [2.24, 2.45) is 0 Å². The fourth-order valence-corrected chi connectivity index (χ4v) is 2.51. The zero-order chi connectivity index (χ0) is 17.1. The molecule has 1 aromatic heterocycles. The number of ether oxygens (including phenoxy) is 2. The first-order valence-corrected chi connectivity index (χ1v) is 7.50. The smallest absolute Gasteiger partial charge is 0.325 e. The standard InChI is InChI=1S/C16H17N3O5/c1-9-11(15(21)19-16(22)18-9)3-5-14(20)17-7-10-2-4-12-13(6-10)24-8-23-12/h2,4,6H,3,5,7-8H2,1H3,(H,17,20)(H2,18,19,21,22). The van der Waals surface area contributed by atoms with Crippen molar-refractivity contribution >= 4 is 5.91 Å². The molecule has 8 nitrogen and oxygen atoms in total. The summed E-state index contributed by atoms with van der Waals surface area (Å²) in [5, 5.41) is 2.79. The SMILES string of the molecule is Cc1[nH]c(=O)[nH]c(=O)c1CCC(=O)NCc1ccc2c(c1)OCO2. The Balaban J connectivity index is 1.55. The van der Waals surface area contributed by atoms with Gasteiger partial charge in [-0.25, -0.2) is 4.79 Å². The van der Waals surface area contributed by atoms with Crippen LogP contribution in [0.2, 0.25) is 0 Å². The highest BCUT2D eigenvalue weighted by Gasteiger charge is 2.14. The van der Waals surface area contributed by atoms with Crippen LogP contribution in [0.25, 0.3) is 0 Å². The lowest BCUT2D eigenvalue weighted by molar-refractivity contribution is -0.121. The number of rotatable bonds is 5. The lowest BCUT2D eigenvalue weighted by Crippen LogP contribution is -2.29. The third kappa shape index (κ3) is 3.48. The first-order valence-electron chi connectivity index (χ1n) is 7.50. The lowest BCUT2D eigenvalue weighted by atomic mass is 10.1. The van der Waals surface area contributed by atoms with E-state index >= 15 is 0 Å². The molecule has 0 fully saturated rings. The minimum Gasteiger partial charge on any atom is -0.454 e. The van der Waals surface area contributed by atoms with Crippen LogP contribution in [0, 0.1) is 6.92 Å². The highest BCUT2D eigenvalue weighted by atomic mass is 16.7. The van der Waals surface area contributed by atoms with E-state index in [-0.39, 0.29) is 25.5 Å². The molecule has 3 N–H and O–H groups in total. The predicted molar refractivity (Wildman–Crippen MR) is 85.2 cm³/mol. The second kappa shape index (κ2) is 6.61. The van der Waals surface area contributed by atoms with E-state index in [0.29, 0.717) is 29.3 Å². The van der Waals surface area contributed by atoms with Crippen LogP contribution >= 0.6 is 0 Å². The molecule has 2 aromatic rings. The van der Waals surface area contributed by atoms with Gasteiger partial charge < -0.3 is 19.8 Å². The topological polar surface area (TPSA) is 113 Å². The van der Waals surface area contributed by atoms with Crippen molar-refractivity contribution in [3.05, 3.63) is 55.9 Å². The number of amides is 1. The van der Waals surface area contributed by atoms with Gasteiger partial charge in [0.1, 0.15) is 0 Å². The van der Waals surface area contributed by atoms with Crippen molar-refractivity contribution in [3.8, 4) is 11.5 Å². The van der Waals surface area contributed by atoms with Crippen molar-refractivity contribution < 1.29 is 14.3 Å². The van der Waals surface area contributed by atoms with Gasteiger partial charge in [-0.3, -0.25) is 14.6 Å².